The minimum Gasteiger partial charge on any atom is -0.481 e. The van der Waals surface area contributed by atoms with Gasteiger partial charge in [0.2, 0.25) is 0 Å². The van der Waals surface area contributed by atoms with Crippen molar-refractivity contribution in [3.05, 3.63) is 30.1 Å². The molecule has 0 saturated carbocycles. The average molecular weight is 350 g/mol. The lowest BCUT2D eigenvalue weighted by Crippen LogP contribution is -2.41. The number of carbonyl (C=O) groups is 1. The van der Waals surface area contributed by atoms with Gasteiger partial charge in [0.25, 0.3) is 5.91 Å². The molecule has 1 heterocycles. The number of nitrogens with one attached hydrogen (secondary N) is 1. The Bertz CT molecular complexity index is 525. The number of ether oxygens (including phenoxy) is 1. The molecule has 1 aliphatic rings. The Labute approximate surface area is 150 Å². The first-order valence-electron chi connectivity index (χ1n) is 9.40. The Morgan fingerprint density at radius 2 is 1.92 bits per heavy atom. The number of amides is 1. The second-order valence-electron chi connectivity index (χ2n) is 7.32. The zero-order chi connectivity index (χ0) is 18.2. The van der Waals surface area contributed by atoms with Gasteiger partial charge in [-0.1, -0.05) is 20.8 Å². The zero-order valence-corrected chi connectivity index (χ0v) is 15.6. The van der Waals surface area contributed by atoms with Gasteiger partial charge in [-0.2, -0.15) is 0 Å². The van der Waals surface area contributed by atoms with Crippen molar-refractivity contribution in [3.63, 3.8) is 0 Å². The summed E-state index contributed by atoms with van der Waals surface area (Å²) in [4.78, 5) is 14.8. The van der Waals surface area contributed by atoms with E-state index in [4.69, 9.17) is 4.74 Å². The molecule has 0 aliphatic carbocycles. The van der Waals surface area contributed by atoms with Crippen LogP contribution in [0.15, 0.2) is 24.3 Å². The largest absolute Gasteiger partial charge is 0.481 e. The number of piperidine rings is 1. The number of hydrogen-bond donors (Lipinski definition) is 1. The third kappa shape index (κ3) is 6.65. The molecular formula is C20H31FN2O2. The molecule has 1 amide bonds. The first kappa shape index (κ1) is 19.7. The molecule has 4 nitrogen and oxygen atoms in total. The molecule has 2 rings (SSSR count). The summed E-state index contributed by atoms with van der Waals surface area (Å²) >= 11 is 0. The molecule has 0 radical (unpaired) electrons. The molecule has 0 aromatic heterocycles. The van der Waals surface area contributed by atoms with E-state index in [1.165, 1.54) is 18.6 Å². The zero-order valence-electron chi connectivity index (χ0n) is 15.6. The molecule has 0 spiro atoms. The summed E-state index contributed by atoms with van der Waals surface area (Å²) in [5.41, 5.74) is 0. The standard InChI is InChI=1S/C20H31FN2O2/c1-4-19(25-18-8-6-17(21)7-9-18)20(24)22-10-5-11-23-13-15(2)12-16(3)14-23/h6-9,15-16,19H,4-5,10-14H2,1-3H3,(H,22,24)/t15-,16+,19-/m1/s1. The van der Waals surface area contributed by atoms with Gasteiger partial charge in [0.05, 0.1) is 0 Å². The molecule has 1 aromatic rings. The maximum Gasteiger partial charge on any atom is 0.261 e. The van der Waals surface area contributed by atoms with Crippen LogP contribution in [0.1, 0.15) is 40.0 Å². The van der Waals surface area contributed by atoms with Gasteiger partial charge in [-0.25, -0.2) is 4.39 Å². The van der Waals surface area contributed by atoms with Gasteiger partial charge in [0.15, 0.2) is 6.10 Å². The van der Waals surface area contributed by atoms with Gasteiger partial charge in [-0.15, -0.1) is 0 Å². The van der Waals surface area contributed by atoms with Gasteiger partial charge in [-0.05, 0) is 61.9 Å². The van der Waals surface area contributed by atoms with E-state index in [1.54, 1.807) is 12.1 Å². The molecule has 1 saturated heterocycles. The molecule has 1 aliphatic heterocycles. The van der Waals surface area contributed by atoms with Crippen molar-refractivity contribution in [1.82, 2.24) is 10.2 Å². The van der Waals surface area contributed by atoms with E-state index in [2.05, 4.69) is 24.1 Å². The van der Waals surface area contributed by atoms with Crippen LogP contribution in [0.5, 0.6) is 5.75 Å². The van der Waals surface area contributed by atoms with Crippen LogP contribution in [-0.2, 0) is 4.79 Å². The van der Waals surface area contributed by atoms with Crippen molar-refractivity contribution < 1.29 is 13.9 Å². The lowest BCUT2D eigenvalue weighted by Gasteiger charge is -2.35. The molecule has 0 unspecified atom stereocenters. The number of benzene rings is 1. The van der Waals surface area contributed by atoms with Crippen LogP contribution in [-0.4, -0.2) is 43.1 Å². The highest BCUT2D eigenvalue weighted by Gasteiger charge is 2.21. The molecule has 25 heavy (non-hydrogen) atoms. The molecule has 3 atom stereocenters. The third-order valence-corrected chi connectivity index (χ3v) is 4.65. The Morgan fingerprint density at radius 1 is 1.28 bits per heavy atom. The first-order chi connectivity index (χ1) is 12.0. The highest BCUT2D eigenvalue weighted by Crippen LogP contribution is 2.20. The summed E-state index contributed by atoms with van der Waals surface area (Å²) in [5.74, 6) is 1.61. The van der Waals surface area contributed by atoms with E-state index in [-0.39, 0.29) is 11.7 Å². The molecule has 1 fully saturated rings. The van der Waals surface area contributed by atoms with E-state index in [9.17, 15) is 9.18 Å². The monoisotopic (exact) mass is 350 g/mol. The fourth-order valence-electron chi connectivity index (χ4n) is 3.60. The summed E-state index contributed by atoms with van der Waals surface area (Å²) in [6.07, 6.45) is 2.29. The molecule has 140 valence electrons. The van der Waals surface area contributed by atoms with Gasteiger partial charge in [0, 0.05) is 19.6 Å². The molecule has 5 heteroatoms. The molecule has 0 bridgehead atoms. The quantitative estimate of drug-likeness (QED) is 0.730. The normalized spacial score (nSPS) is 22.4. The summed E-state index contributed by atoms with van der Waals surface area (Å²) in [5, 5.41) is 2.96. The fourth-order valence-corrected chi connectivity index (χ4v) is 3.60. The lowest BCUT2D eigenvalue weighted by molar-refractivity contribution is -0.128. The Hall–Kier alpha value is -1.62. The summed E-state index contributed by atoms with van der Waals surface area (Å²) in [7, 11) is 0. The number of carbonyl (C=O) groups excluding carboxylic acids is 1. The fraction of sp³-hybridized carbons (Fsp3) is 0.650. The van der Waals surface area contributed by atoms with Crippen LogP contribution < -0.4 is 10.1 Å². The van der Waals surface area contributed by atoms with Gasteiger partial charge in [-0.3, -0.25) is 4.79 Å². The number of nitrogens with zero attached hydrogens (tertiary/aromatic N) is 1. The lowest BCUT2D eigenvalue weighted by atomic mass is 9.92. The van der Waals surface area contributed by atoms with E-state index in [1.807, 2.05) is 6.92 Å². The first-order valence-corrected chi connectivity index (χ1v) is 9.40. The Kier molecular flexibility index (Phi) is 7.69. The highest BCUT2D eigenvalue weighted by atomic mass is 19.1. The van der Waals surface area contributed by atoms with Crippen LogP contribution >= 0.6 is 0 Å². The van der Waals surface area contributed by atoms with Gasteiger partial charge >= 0.3 is 0 Å². The number of rotatable bonds is 8. The van der Waals surface area contributed by atoms with E-state index >= 15 is 0 Å². The predicted octanol–water partition coefficient (Wildman–Crippen LogP) is 3.47. The smallest absolute Gasteiger partial charge is 0.261 e. The van der Waals surface area contributed by atoms with Crippen molar-refractivity contribution in [2.24, 2.45) is 11.8 Å². The predicted molar refractivity (Wildman–Crippen MR) is 98.1 cm³/mol. The summed E-state index contributed by atoms with van der Waals surface area (Å²) < 4.78 is 18.6. The van der Waals surface area contributed by atoms with Crippen LogP contribution in [0.25, 0.3) is 0 Å². The Balaban J connectivity index is 1.70. The SMILES string of the molecule is CC[C@@H](Oc1ccc(F)cc1)C(=O)NCCCN1C[C@H](C)C[C@H](C)C1. The summed E-state index contributed by atoms with van der Waals surface area (Å²) in [6.45, 7) is 10.5. The van der Waals surface area contributed by atoms with Crippen LogP contribution in [0.4, 0.5) is 4.39 Å². The number of hydrogen-bond acceptors (Lipinski definition) is 3. The molecule has 1 N–H and O–H groups in total. The average Bonchev–Trinajstić information content (AvgIpc) is 2.57. The van der Waals surface area contributed by atoms with Crippen molar-refractivity contribution in [1.29, 1.82) is 0 Å². The molecule has 1 aromatic carbocycles. The van der Waals surface area contributed by atoms with Crippen molar-refractivity contribution in [3.8, 4) is 5.75 Å². The van der Waals surface area contributed by atoms with E-state index < -0.39 is 6.10 Å². The van der Waals surface area contributed by atoms with Crippen LogP contribution in [0.2, 0.25) is 0 Å². The maximum absolute atomic E-state index is 12.9. The second kappa shape index (κ2) is 9.76. The van der Waals surface area contributed by atoms with Gasteiger partial charge < -0.3 is 15.0 Å². The number of halogens is 1. The van der Waals surface area contributed by atoms with E-state index in [0.717, 1.165) is 37.9 Å². The maximum atomic E-state index is 12.9. The van der Waals surface area contributed by atoms with Gasteiger partial charge in [0.1, 0.15) is 11.6 Å². The number of likely N-dealkylation sites (tertiary alicyclic amines) is 1. The van der Waals surface area contributed by atoms with Crippen molar-refractivity contribution >= 4 is 5.91 Å². The third-order valence-electron chi connectivity index (χ3n) is 4.65. The minimum atomic E-state index is -0.541. The second-order valence-corrected chi connectivity index (χ2v) is 7.32. The minimum absolute atomic E-state index is 0.104. The van der Waals surface area contributed by atoms with E-state index in [0.29, 0.717) is 18.7 Å². The van der Waals surface area contributed by atoms with Crippen molar-refractivity contribution in [2.45, 2.75) is 46.1 Å². The van der Waals surface area contributed by atoms with Crippen LogP contribution in [0, 0.1) is 17.7 Å². The van der Waals surface area contributed by atoms with Crippen molar-refractivity contribution in [2.75, 3.05) is 26.2 Å². The molecular weight excluding hydrogens is 319 g/mol. The topological polar surface area (TPSA) is 41.6 Å². The van der Waals surface area contributed by atoms with Crippen LogP contribution in [0.3, 0.4) is 0 Å². The highest BCUT2D eigenvalue weighted by molar-refractivity contribution is 5.81. The summed E-state index contributed by atoms with van der Waals surface area (Å²) in [6, 6.07) is 5.76. The Morgan fingerprint density at radius 3 is 2.52 bits per heavy atom.